The van der Waals surface area contributed by atoms with E-state index in [4.69, 9.17) is 4.74 Å². The summed E-state index contributed by atoms with van der Waals surface area (Å²) >= 11 is 1.63. The summed E-state index contributed by atoms with van der Waals surface area (Å²) < 4.78 is 7.06. The van der Waals surface area contributed by atoms with Crippen molar-refractivity contribution < 1.29 is 9.53 Å². The Balaban J connectivity index is 1.46. The summed E-state index contributed by atoms with van der Waals surface area (Å²) in [6.45, 7) is 9.19. The summed E-state index contributed by atoms with van der Waals surface area (Å²) in [6, 6.07) is 5.91. The molecule has 9 heteroatoms. The van der Waals surface area contributed by atoms with Gasteiger partial charge in [0.2, 0.25) is 0 Å². The molecule has 0 spiro atoms. The Hall–Kier alpha value is -2.62. The molecular formula is C22H28N6O2S. The van der Waals surface area contributed by atoms with Gasteiger partial charge >= 0.3 is 0 Å². The molecule has 0 bridgehead atoms. The van der Waals surface area contributed by atoms with Crippen LogP contribution in [0.1, 0.15) is 42.2 Å². The molecule has 3 aromatic heterocycles. The van der Waals surface area contributed by atoms with Crippen LogP contribution in [0.2, 0.25) is 0 Å². The normalized spacial score (nSPS) is 14.8. The first-order valence-electron chi connectivity index (χ1n) is 10.7. The summed E-state index contributed by atoms with van der Waals surface area (Å²) in [7, 11) is 0. The maximum atomic E-state index is 12.9. The van der Waals surface area contributed by atoms with Crippen LogP contribution in [0.4, 0.5) is 0 Å². The maximum Gasteiger partial charge on any atom is 0.254 e. The van der Waals surface area contributed by atoms with E-state index in [9.17, 15) is 4.79 Å². The first kappa shape index (κ1) is 21.6. The number of hydrogen-bond donors (Lipinski definition) is 1. The highest BCUT2D eigenvalue weighted by Gasteiger charge is 2.22. The summed E-state index contributed by atoms with van der Waals surface area (Å²) in [5, 5.41) is 9.53. The van der Waals surface area contributed by atoms with Gasteiger partial charge in [0.1, 0.15) is 0 Å². The average molecular weight is 441 g/mol. The first-order valence-corrected chi connectivity index (χ1v) is 11.5. The monoisotopic (exact) mass is 440 g/mol. The molecule has 4 heterocycles. The Bertz CT molecular complexity index is 995. The molecule has 0 aromatic carbocycles. The highest BCUT2D eigenvalue weighted by atomic mass is 32.1. The van der Waals surface area contributed by atoms with Crippen LogP contribution < -0.4 is 5.32 Å². The van der Waals surface area contributed by atoms with E-state index >= 15 is 0 Å². The summed E-state index contributed by atoms with van der Waals surface area (Å²) in [5.41, 5.74) is 2.24. The van der Waals surface area contributed by atoms with Gasteiger partial charge in [0.25, 0.3) is 11.9 Å². The number of ether oxygens (including phenoxy) is 1. The van der Waals surface area contributed by atoms with Gasteiger partial charge < -0.3 is 10.1 Å². The Morgan fingerprint density at radius 2 is 2.13 bits per heavy atom. The van der Waals surface area contributed by atoms with Crippen LogP contribution in [-0.4, -0.2) is 69.9 Å². The minimum absolute atomic E-state index is 0.0885. The van der Waals surface area contributed by atoms with Crippen molar-refractivity contribution in [1.82, 2.24) is 30.0 Å². The van der Waals surface area contributed by atoms with Crippen molar-refractivity contribution >= 4 is 17.2 Å². The predicted octanol–water partition coefficient (Wildman–Crippen LogP) is 2.97. The van der Waals surface area contributed by atoms with Gasteiger partial charge in [0, 0.05) is 25.8 Å². The number of carbonyl (C=O) groups excluding carboxylic acids is 1. The third kappa shape index (κ3) is 5.17. The Morgan fingerprint density at radius 1 is 1.29 bits per heavy atom. The lowest BCUT2D eigenvalue weighted by Crippen LogP contribution is -2.38. The van der Waals surface area contributed by atoms with Crippen LogP contribution >= 0.6 is 11.3 Å². The van der Waals surface area contributed by atoms with Crippen LogP contribution in [0.25, 0.3) is 16.5 Å². The molecule has 1 amide bonds. The smallest absolute Gasteiger partial charge is 0.254 e. The molecule has 31 heavy (non-hydrogen) atoms. The SMILES string of the molecule is CC(C)c1c(C(=O)NCCCN2CCOCC2)cnn1-c1nccc(-c2cccs2)n1. The molecule has 4 rings (SSSR count). The van der Waals surface area contributed by atoms with Gasteiger partial charge in [0.05, 0.1) is 41.2 Å². The van der Waals surface area contributed by atoms with Crippen molar-refractivity contribution in [3.63, 3.8) is 0 Å². The lowest BCUT2D eigenvalue weighted by molar-refractivity contribution is 0.0374. The first-order chi connectivity index (χ1) is 15.1. The van der Waals surface area contributed by atoms with E-state index in [1.165, 1.54) is 0 Å². The van der Waals surface area contributed by atoms with Crippen LogP contribution in [0.5, 0.6) is 0 Å². The van der Waals surface area contributed by atoms with Crippen molar-refractivity contribution in [1.29, 1.82) is 0 Å². The van der Waals surface area contributed by atoms with E-state index in [0.29, 0.717) is 18.1 Å². The van der Waals surface area contributed by atoms with E-state index < -0.39 is 0 Å². The van der Waals surface area contributed by atoms with E-state index in [1.54, 1.807) is 28.4 Å². The largest absolute Gasteiger partial charge is 0.379 e. The van der Waals surface area contributed by atoms with Crippen molar-refractivity contribution in [3.05, 3.63) is 47.2 Å². The number of aromatic nitrogens is 4. The molecule has 164 valence electrons. The van der Waals surface area contributed by atoms with Gasteiger partial charge in [-0.2, -0.15) is 5.10 Å². The number of thiophene rings is 1. The lowest BCUT2D eigenvalue weighted by Gasteiger charge is -2.26. The summed E-state index contributed by atoms with van der Waals surface area (Å²) in [5.74, 6) is 0.456. The van der Waals surface area contributed by atoms with Crippen molar-refractivity contribution in [2.75, 3.05) is 39.4 Å². The van der Waals surface area contributed by atoms with Gasteiger partial charge in [-0.1, -0.05) is 19.9 Å². The second kappa shape index (κ2) is 10.1. The molecule has 0 unspecified atom stereocenters. The standard InChI is InChI=1S/C22H28N6O2S/c1-16(2)20-17(21(29)23-7-4-9-27-10-12-30-13-11-27)15-25-28(20)22-24-8-6-18(26-22)19-5-3-14-31-19/h3,5-6,8,14-16H,4,7,9-13H2,1-2H3,(H,23,29). The van der Waals surface area contributed by atoms with Gasteiger partial charge in [0.15, 0.2) is 0 Å². The number of hydrogen-bond acceptors (Lipinski definition) is 7. The molecular weight excluding hydrogens is 412 g/mol. The minimum atomic E-state index is -0.105. The van der Waals surface area contributed by atoms with Crippen LogP contribution in [-0.2, 0) is 4.74 Å². The van der Waals surface area contributed by atoms with E-state index in [-0.39, 0.29) is 11.8 Å². The fourth-order valence-electron chi connectivity index (χ4n) is 3.68. The quantitative estimate of drug-likeness (QED) is 0.542. The van der Waals surface area contributed by atoms with Crippen molar-refractivity contribution in [3.8, 4) is 16.5 Å². The van der Waals surface area contributed by atoms with Crippen molar-refractivity contribution in [2.24, 2.45) is 0 Å². The highest BCUT2D eigenvalue weighted by molar-refractivity contribution is 7.13. The maximum absolute atomic E-state index is 12.9. The molecule has 8 nitrogen and oxygen atoms in total. The second-order valence-corrected chi connectivity index (χ2v) is 8.74. The zero-order valence-electron chi connectivity index (χ0n) is 18.0. The topological polar surface area (TPSA) is 85.2 Å². The Labute approximate surface area is 186 Å². The molecule has 3 aromatic rings. The zero-order chi connectivity index (χ0) is 21.6. The van der Waals surface area contributed by atoms with Gasteiger partial charge in [-0.05, 0) is 36.4 Å². The fourth-order valence-corrected chi connectivity index (χ4v) is 4.38. The Morgan fingerprint density at radius 3 is 2.87 bits per heavy atom. The number of rotatable bonds is 8. The molecule has 1 aliphatic heterocycles. The molecule has 1 saturated heterocycles. The molecule has 1 N–H and O–H groups in total. The molecule has 0 atom stereocenters. The minimum Gasteiger partial charge on any atom is -0.379 e. The third-order valence-electron chi connectivity index (χ3n) is 5.24. The van der Waals surface area contributed by atoms with Gasteiger partial charge in [-0.3, -0.25) is 9.69 Å². The van der Waals surface area contributed by atoms with Crippen LogP contribution in [0.15, 0.2) is 36.0 Å². The average Bonchev–Trinajstić information content (AvgIpc) is 3.48. The molecule has 0 aliphatic carbocycles. The van der Waals surface area contributed by atoms with E-state index in [2.05, 4.69) is 25.3 Å². The number of amides is 1. The molecule has 1 fully saturated rings. The van der Waals surface area contributed by atoms with E-state index in [0.717, 1.165) is 55.5 Å². The van der Waals surface area contributed by atoms with E-state index in [1.807, 2.05) is 37.4 Å². The molecule has 0 radical (unpaired) electrons. The lowest BCUT2D eigenvalue weighted by atomic mass is 10.1. The number of carbonyl (C=O) groups is 1. The van der Waals surface area contributed by atoms with Crippen LogP contribution in [0.3, 0.4) is 0 Å². The van der Waals surface area contributed by atoms with Crippen molar-refractivity contribution in [2.45, 2.75) is 26.2 Å². The number of nitrogens with zero attached hydrogens (tertiary/aromatic N) is 5. The number of morpholine rings is 1. The molecule has 1 aliphatic rings. The fraction of sp³-hybridized carbons (Fsp3) is 0.455. The van der Waals surface area contributed by atoms with Gasteiger partial charge in [-0.25, -0.2) is 14.6 Å². The zero-order valence-corrected chi connectivity index (χ0v) is 18.8. The summed E-state index contributed by atoms with van der Waals surface area (Å²) in [6.07, 6.45) is 4.26. The molecule has 0 saturated carbocycles. The predicted molar refractivity (Wildman–Crippen MR) is 121 cm³/mol. The third-order valence-corrected chi connectivity index (χ3v) is 6.14. The second-order valence-electron chi connectivity index (χ2n) is 7.79. The van der Waals surface area contributed by atoms with Crippen LogP contribution in [0, 0.1) is 0 Å². The number of nitrogens with one attached hydrogen (secondary N) is 1. The highest BCUT2D eigenvalue weighted by Crippen LogP contribution is 2.25. The summed E-state index contributed by atoms with van der Waals surface area (Å²) in [4.78, 5) is 25.4. The Kier molecular flexibility index (Phi) is 7.06. The van der Waals surface area contributed by atoms with Gasteiger partial charge in [-0.15, -0.1) is 11.3 Å².